The van der Waals surface area contributed by atoms with Gasteiger partial charge in [-0.25, -0.2) is 8.42 Å². The van der Waals surface area contributed by atoms with Gasteiger partial charge in [-0.1, -0.05) is 34.8 Å². The summed E-state index contributed by atoms with van der Waals surface area (Å²) in [6.45, 7) is 2.01. The fourth-order valence-corrected chi connectivity index (χ4v) is 3.75. The molecule has 112 valence electrons. The van der Waals surface area contributed by atoms with Crippen molar-refractivity contribution in [3.8, 4) is 0 Å². The Bertz CT molecular complexity index is 745. The van der Waals surface area contributed by atoms with Gasteiger partial charge in [0.1, 0.15) is 0 Å². The highest BCUT2D eigenvalue weighted by atomic mass is 35.5. The molecule has 0 heterocycles. The van der Waals surface area contributed by atoms with Crippen molar-refractivity contribution in [2.75, 3.05) is 10.8 Å². The third-order valence-corrected chi connectivity index (χ3v) is 5.79. The Hall–Kier alpha value is -0.940. The minimum absolute atomic E-state index is 0.167. The van der Waals surface area contributed by atoms with Crippen molar-refractivity contribution in [1.82, 2.24) is 0 Å². The molecule has 0 N–H and O–H groups in total. The third-order valence-electron chi connectivity index (χ3n) is 2.88. The van der Waals surface area contributed by atoms with Gasteiger partial charge in [0, 0.05) is 11.6 Å². The first kappa shape index (κ1) is 16.4. The van der Waals surface area contributed by atoms with Crippen LogP contribution < -0.4 is 4.31 Å². The molecule has 0 atom stereocenters. The Morgan fingerprint density at radius 3 is 2.10 bits per heavy atom. The van der Waals surface area contributed by atoms with Crippen LogP contribution in [0.4, 0.5) is 5.69 Å². The predicted octanol–water partition coefficient (Wildman–Crippen LogP) is 4.86. The standard InChI is InChI=1S/C14H12Cl3NO2S/c1-2-18(11-5-8-13(16)14(17)9-11)21(19,20)12-6-3-10(15)4-7-12/h3-9H,2H2,1H3. The molecule has 2 aromatic carbocycles. The summed E-state index contributed by atoms with van der Waals surface area (Å²) < 4.78 is 26.6. The van der Waals surface area contributed by atoms with Gasteiger partial charge in [-0.2, -0.15) is 0 Å². The smallest absolute Gasteiger partial charge is 0.264 e. The summed E-state index contributed by atoms with van der Waals surface area (Å²) >= 11 is 17.6. The monoisotopic (exact) mass is 363 g/mol. The van der Waals surface area contributed by atoms with Crippen molar-refractivity contribution in [3.05, 3.63) is 57.5 Å². The molecule has 0 fully saturated rings. The highest BCUT2D eigenvalue weighted by Gasteiger charge is 2.23. The second-order valence-electron chi connectivity index (χ2n) is 4.22. The van der Waals surface area contributed by atoms with Crippen molar-refractivity contribution in [2.24, 2.45) is 0 Å². The van der Waals surface area contributed by atoms with Crippen LogP contribution in [0.25, 0.3) is 0 Å². The summed E-state index contributed by atoms with van der Waals surface area (Å²) in [5.74, 6) is 0. The SMILES string of the molecule is CCN(c1ccc(Cl)c(Cl)c1)S(=O)(=O)c1ccc(Cl)cc1. The van der Waals surface area contributed by atoms with E-state index in [4.69, 9.17) is 34.8 Å². The van der Waals surface area contributed by atoms with Crippen molar-refractivity contribution >= 4 is 50.5 Å². The lowest BCUT2D eigenvalue weighted by Crippen LogP contribution is -2.30. The lowest BCUT2D eigenvalue weighted by molar-refractivity contribution is 0.592. The molecule has 7 heteroatoms. The van der Waals surface area contributed by atoms with E-state index < -0.39 is 10.0 Å². The largest absolute Gasteiger partial charge is 0.267 e. The van der Waals surface area contributed by atoms with E-state index in [2.05, 4.69) is 0 Å². The Kier molecular flexibility index (Phi) is 5.04. The number of anilines is 1. The lowest BCUT2D eigenvalue weighted by atomic mass is 10.3. The normalized spacial score (nSPS) is 11.4. The molecule has 3 nitrogen and oxygen atoms in total. The van der Waals surface area contributed by atoms with Crippen LogP contribution >= 0.6 is 34.8 Å². The van der Waals surface area contributed by atoms with Gasteiger partial charge in [0.25, 0.3) is 10.0 Å². The maximum atomic E-state index is 12.7. The zero-order valence-corrected chi connectivity index (χ0v) is 14.1. The zero-order chi connectivity index (χ0) is 15.6. The lowest BCUT2D eigenvalue weighted by Gasteiger charge is -2.23. The molecular weight excluding hydrogens is 353 g/mol. The molecule has 0 spiro atoms. The van der Waals surface area contributed by atoms with Gasteiger partial charge in [0.2, 0.25) is 0 Å². The number of nitrogens with zero attached hydrogens (tertiary/aromatic N) is 1. The number of rotatable bonds is 4. The summed E-state index contributed by atoms with van der Waals surface area (Å²) in [5.41, 5.74) is 0.460. The number of halogens is 3. The molecule has 21 heavy (non-hydrogen) atoms. The second kappa shape index (κ2) is 6.44. The van der Waals surface area contributed by atoms with Crippen LogP contribution in [0, 0.1) is 0 Å². The van der Waals surface area contributed by atoms with E-state index in [0.29, 0.717) is 20.8 Å². The molecule has 0 radical (unpaired) electrons. The van der Waals surface area contributed by atoms with Crippen LogP contribution in [-0.4, -0.2) is 15.0 Å². The van der Waals surface area contributed by atoms with E-state index in [1.807, 2.05) is 0 Å². The molecule has 0 aliphatic carbocycles. The van der Waals surface area contributed by atoms with Crippen LogP contribution in [0.3, 0.4) is 0 Å². The molecule has 0 aliphatic rings. The molecular formula is C14H12Cl3NO2S. The van der Waals surface area contributed by atoms with E-state index in [1.54, 1.807) is 19.1 Å². The molecule has 0 bridgehead atoms. The minimum atomic E-state index is -3.68. The van der Waals surface area contributed by atoms with Crippen molar-refractivity contribution in [3.63, 3.8) is 0 Å². The van der Waals surface area contributed by atoms with E-state index in [0.717, 1.165) is 0 Å². The fourth-order valence-electron chi connectivity index (χ4n) is 1.87. The fraction of sp³-hybridized carbons (Fsp3) is 0.143. The summed E-state index contributed by atoms with van der Waals surface area (Å²) in [4.78, 5) is 0.167. The van der Waals surface area contributed by atoms with E-state index >= 15 is 0 Å². The Labute approximate surface area is 139 Å². The minimum Gasteiger partial charge on any atom is -0.267 e. The summed E-state index contributed by atoms with van der Waals surface area (Å²) in [5, 5.41) is 1.16. The van der Waals surface area contributed by atoms with Crippen LogP contribution in [0.2, 0.25) is 15.1 Å². The molecule has 0 unspecified atom stereocenters. The summed E-state index contributed by atoms with van der Waals surface area (Å²) in [7, 11) is -3.68. The second-order valence-corrected chi connectivity index (χ2v) is 7.34. The molecule has 0 amide bonds. The summed E-state index contributed by atoms with van der Waals surface area (Å²) in [6, 6.07) is 10.7. The number of sulfonamides is 1. The summed E-state index contributed by atoms with van der Waals surface area (Å²) in [6.07, 6.45) is 0. The van der Waals surface area contributed by atoms with Gasteiger partial charge in [-0.15, -0.1) is 0 Å². The number of benzene rings is 2. The van der Waals surface area contributed by atoms with Gasteiger partial charge in [0.15, 0.2) is 0 Å². The van der Waals surface area contributed by atoms with Crippen LogP contribution in [-0.2, 0) is 10.0 Å². The number of hydrogen-bond donors (Lipinski definition) is 0. The van der Waals surface area contributed by atoms with E-state index in [1.165, 1.54) is 34.6 Å². The highest BCUT2D eigenvalue weighted by Crippen LogP contribution is 2.30. The Morgan fingerprint density at radius 1 is 0.952 bits per heavy atom. The van der Waals surface area contributed by atoms with Gasteiger partial charge < -0.3 is 0 Å². The molecule has 2 aromatic rings. The van der Waals surface area contributed by atoms with E-state index in [9.17, 15) is 8.42 Å². The van der Waals surface area contributed by atoms with E-state index in [-0.39, 0.29) is 11.4 Å². The first-order valence-electron chi connectivity index (χ1n) is 6.09. The quantitative estimate of drug-likeness (QED) is 0.776. The number of hydrogen-bond acceptors (Lipinski definition) is 2. The molecule has 0 saturated carbocycles. The molecule has 2 rings (SSSR count). The van der Waals surface area contributed by atoms with Crippen molar-refractivity contribution in [1.29, 1.82) is 0 Å². The first-order valence-corrected chi connectivity index (χ1v) is 8.67. The molecule has 0 saturated heterocycles. The van der Waals surface area contributed by atoms with Gasteiger partial charge in [-0.3, -0.25) is 4.31 Å². The maximum Gasteiger partial charge on any atom is 0.264 e. The predicted molar refractivity (Wildman–Crippen MR) is 88.1 cm³/mol. The van der Waals surface area contributed by atoms with Gasteiger partial charge in [0.05, 0.1) is 20.6 Å². The third kappa shape index (κ3) is 3.46. The average Bonchev–Trinajstić information content (AvgIpc) is 2.44. The molecule has 0 aromatic heterocycles. The first-order chi connectivity index (χ1) is 9.86. The zero-order valence-electron chi connectivity index (χ0n) is 11.1. The topological polar surface area (TPSA) is 37.4 Å². The van der Waals surface area contributed by atoms with Crippen LogP contribution in [0.1, 0.15) is 6.92 Å². The van der Waals surface area contributed by atoms with Gasteiger partial charge in [-0.05, 0) is 49.4 Å². The maximum absolute atomic E-state index is 12.7. The molecule has 0 aliphatic heterocycles. The van der Waals surface area contributed by atoms with Gasteiger partial charge >= 0.3 is 0 Å². The highest BCUT2D eigenvalue weighted by molar-refractivity contribution is 7.92. The van der Waals surface area contributed by atoms with Crippen LogP contribution in [0.15, 0.2) is 47.4 Å². The van der Waals surface area contributed by atoms with Crippen molar-refractivity contribution < 1.29 is 8.42 Å². The Morgan fingerprint density at radius 2 is 1.57 bits per heavy atom. The van der Waals surface area contributed by atoms with Crippen LogP contribution in [0.5, 0.6) is 0 Å². The average molecular weight is 365 g/mol. The van der Waals surface area contributed by atoms with Crippen molar-refractivity contribution in [2.45, 2.75) is 11.8 Å². The Balaban J connectivity index is 2.48.